The normalized spacial score (nSPS) is 10.9. The van der Waals surface area contributed by atoms with Crippen molar-refractivity contribution in [1.29, 1.82) is 0 Å². The van der Waals surface area contributed by atoms with Crippen molar-refractivity contribution in [1.82, 2.24) is 4.98 Å². The summed E-state index contributed by atoms with van der Waals surface area (Å²) in [5.74, 6) is 0.348. The van der Waals surface area contributed by atoms with Gasteiger partial charge in [-0.2, -0.15) is 0 Å². The van der Waals surface area contributed by atoms with Crippen LogP contribution in [0.5, 0.6) is 5.88 Å². The molecule has 0 N–H and O–H groups in total. The topological polar surface area (TPSA) is 22.1 Å². The molecule has 0 saturated carbocycles. The number of pyridine rings is 1. The molecule has 1 heterocycles. The van der Waals surface area contributed by atoms with Crippen molar-refractivity contribution in [3.63, 3.8) is 0 Å². The highest BCUT2D eigenvalue weighted by atomic mass is 35.5. The van der Waals surface area contributed by atoms with E-state index in [1.807, 2.05) is 0 Å². The molecule has 0 bridgehead atoms. The van der Waals surface area contributed by atoms with Gasteiger partial charge in [0.25, 0.3) is 0 Å². The monoisotopic (exact) mass is 465 g/mol. The van der Waals surface area contributed by atoms with Crippen LogP contribution in [0.4, 0.5) is 0 Å². The molecule has 0 spiro atoms. The number of rotatable bonds is 3. The summed E-state index contributed by atoms with van der Waals surface area (Å²) in [7, 11) is 1.51. The number of benzene rings is 2. The first kappa shape index (κ1) is 19.9. The van der Waals surface area contributed by atoms with Gasteiger partial charge in [-0.05, 0) is 30.3 Å². The van der Waals surface area contributed by atoms with Gasteiger partial charge in [0.2, 0.25) is 5.88 Å². The second-order valence-electron chi connectivity index (χ2n) is 5.27. The molecule has 2 aromatic carbocycles. The number of methoxy groups -OCH3 is 1. The summed E-state index contributed by atoms with van der Waals surface area (Å²) in [5.41, 5.74) is 2.38. The van der Waals surface area contributed by atoms with Crippen LogP contribution in [0.3, 0.4) is 0 Å². The van der Waals surface area contributed by atoms with E-state index in [9.17, 15) is 0 Å². The molecule has 0 aliphatic carbocycles. The predicted molar refractivity (Wildman–Crippen MR) is 112 cm³/mol. The summed E-state index contributed by atoms with van der Waals surface area (Å²) < 4.78 is 5.36. The van der Waals surface area contributed by atoms with Gasteiger partial charge in [0, 0.05) is 38.5 Å². The third kappa shape index (κ3) is 3.87. The highest BCUT2D eigenvalue weighted by Gasteiger charge is 2.19. The van der Waals surface area contributed by atoms with Gasteiger partial charge in [-0.25, -0.2) is 4.98 Å². The molecular weight excluding hydrogens is 459 g/mol. The average Bonchev–Trinajstić information content (AvgIpc) is 2.53. The molecule has 0 radical (unpaired) electrons. The van der Waals surface area contributed by atoms with Gasteiger partial charge in [0.05, 0.1) is 27.2 Å². The van der Waals surface area contributed by atoms with Gasteiger partial charge in [-0.3, -0.25) is 0 Å². The van der Waals surface area contributed by atoms with Crippen LogP contribution in [0.25, 0.3) is 22.3 Å². The molecule has 0 saturated heterocycles. The first-order chi connectivity index (χ1) is 12.3. The molecule has 0 amide bonds. The highest BCUT2D eigenvalue weighted by Crippen LogP contribution is 2.44. The van der Waals surface area contributed by atoms with E-state index in [0.717, 1.165) is 0 Å². The summed E-state index contributed by atoms with van der Waals surface area (Å²) >= 11 is 37.4. The molecule has 2 nitrogen and oxygen atoms in total. The second-order valence-corrected chi connectivity index (χ2v) is 7.77. The average molecular weight is 468 g/mol. The minimum absolute atomic E-state index is 0.348. The molecule has 134 valence electrons. The Hall–Kier alpha value is -0.870. The van der Waals surface area contributed by atoms with Crippen LogP contribution in [0.15, 0.2) is 36.5 Å². The molecule has 0 atom stereocenters. The Balaban J connectivity index is 2.28. The van der Waals surface area contributed by atoms with Crippen molar-refractivity contribution in [3.8, 4) is 28.1 Å². The molecule has 0 unspecified atom stereocenters. The Morgan fingerprint density at radius 2 is 1.15 bits per heavy atom. The fourth-order valence-corrected chi connectivity index (χ4v) is 4.60. The Labute approximate surface area is 180 Å². The van der Waals surface area contributed by atoms with E-state index in [0.29, 0.717) is 58.3 Å². The third-order valence-electron chi connectivity index (χ3n) is 3.62. The molecule has 0 aliphatic rings. The maximum atomic E-state index is 6.36. The zero-order valence-corrected chi connectivity index (χ0v) is 17.6. The molecule has 3 aromatic rings. The molecule has 1 aromatic heterocycles. The molecule has 0 fully saturated rings. The Bertz CT molecular complexity index is 959. The van der Waals surface area contributed by atoms with Crippen LogP contribution in [0.2, 0.25) is 30.1 Å². The number of hydrogen-bond acceptors (Lipinski definition) is 2. The van der Waals surface area contributed by atoms with Crippen molar-refractivity contribution in [3.05, 3.63) is 66.7 Å². The van der Waals surface area contributed by atoms with Crippen molar-refractivity contribution < 1.29 is 4.74 Å². The fourth-order valence-electron chi connectivity index (χ4n) is 2.55. The van der Waals surface area contributed by atoms with Crippen LogP contribution in [0.1, 0.15) is 0 Å². The van der Waals surface area contributed by atoms with Crippen LogP contribution in [-0.2, 0) is 0 Å². The van der Waals surface area contributed by atoms with E-state index in [2.05, 4.69) is 4.98 Å². The Morgan fingerprint density at radius 3 is 1.62 bits per heavy atom. The summed E-state index contributed by atoms with van der Waals surface area (Å²) in [4.78, 5) is 4.34. The van der Waals surface area contributed by atoms with Gasteiger partial charge in [0.1, 0.15) is 0 Å². The van der Waals surface area contributed by atoms with Crippen molar-refractivity contribution in [2.24, 2.45) is 0 Å². The van der Waals surface area contributed by atoms with Crippen LogP contribution in [-0.4, -0.2) is 12.1 Å². The van der Waals surface area contributed by atoms with E-state index >= 15 is 0 Å². The van der Waals surface area contributed by atoms with Gasteiger partial charge >= 0.3 is 0 Å². The van der Waals surface area contributed by atoms with Crippen LogP contribution < -0.4 is 4.74 Å². The lowest BCUT2D eigenvalue weighted by Gasteiger charge is -2.14. The van der Waals surface area contributed by atoms with E-state index in [-0.39, 0.29) is 0 Å². The first-order valence-electron chi connectivity index (χ1n) is 7.15. The van der Waals surface area contributed by atoms with Crippen molar-refractivity contribution >= 4 is 69.6 Å². The summed E-state index contributed by atoms with van der Waals surface area (Å²) in [6.07, 6.45) is 1.60. The number of hydrogen-bond donors (Lipinski definition) is 0. The van der Waals surface area contributed by atoms with Gasteiger partial charge in [-0.15, -0.1) is 0 Å². The molecule has 0 aliphatic heterocycles. The summed E-state index contributed by atoms with van der Waals surface area (Å²) in [6, 6.07) is 8.21. The zero-order chi connectivity index (χ0) is 19.0. The van der Waals surface area contributed by atoms with E-state index in [1.165, 1.54) is 7.11 Å². The number of ether oxygens (including phenoxy) is 1. The smallest absolute Gasteiger partial charge is 0.221 e. The Kier molecular flexibility index (Phi) is 6.13. The van der Waals surface area contributed by atoms with E-state index in [1.54, 1.807) is 36.5 Å². The zero-order valence-electron chi connectivity index (χ0n) is 13.1. The van der Waals surface area contributed by atoms with E-state index < -0.39 is 0 Å². The highest BCUT2D eigenvalue weighted by molar-refractivity contribution is 6.43. The van der Waals surface area contributed by atoms with Crippen LogP contribution in [0, 0.1) is 0 Å². The molecular formula is C18H9Cl6NO. The van der Waals surface area contributed by atoms with Gasteiger partial charge in [0.15, 0.2) is 0 Å². The van der Waals surface area contributed by atoms with E-state index in [4.69, 9.17) is 74.3 Å². The number of nitrogens with zero attached hydrogens (tertiary/aromatic N) is 1. The van der Waals surface area contributed by atoms with Gasteiger partial charge in [-0.1, -0.05) is 69.6 Å². The van der Waals surface area contributed by atoms with Crippen LogP contribution >= 0.6 is 69.6 Å². The van der Waals surface area contributed by atoms with Gasteiger partial charge < -0.3 is 4.74 Å². The second kappa shape index (κ2) is 8.02. The summed E-state index contributed by atoms with van der Waals surface area (Å²) in [5, 5.41) is 2.40. The van der Waals surface area contributed by atoms with Crippen molar-refractivity contribution in [2.75, 3.05) is 7.11 Å². The number of halogens is 6. The molecule has 26 heavy (non-hydrogen) atoms. The number of aromatic nitrogens is 1. The largest absolute Gasteiger partial charge is 0.481 e. The lowest BCUT2D eigenvalue weighted by atomic mass is 10.0. The fraction of sp³-hybridized carbons (Fsp3) is 0.0556. The minimum atomic E-state index is 0.348. The lowest BCUT2D eigenvalue weighted by molar-refractivity contribution is 0.400. The maximum absolute atomic E-state index is 6.36. The first-order valence-corrected chi connectivity index (χ1v) is 9.42. The predicted octanol–water partition coefficient (Wildman–Crippen LogP) is 8.34. The summed E-state index contributed by atoms with van der Waals surface area (Å²) in [6.45, 7) is 0. The lowest BCUT2D eigenvalue weighted by Crippen LogP contribution is -1.95. The minimum Gasteiger partial charge on any atom is -0.481 e. The Morgan fingerprint density at radius 1 is 0.692 bits per heavy atom. The quantitative estimate of drug-likeness (QED) is 0.386. The standard InChI is InChI=1S/C18H9Cl6NO/c1-26-18-11(17-14(23)5-10(20)6-15(17)24)2-8(7-25-18)16-12(21)3-9(19)4-13(16)22/h2-7H,1H3. The third-order valence-corrected chi connectivity index (χ3v) is 5.25. The molecule has 8 heteroatoms. The SMILES string of the molecule is COc1ncc(-c2c(Cl)cc(Cl)cc2Cl)cc1-c1c(Cl)cc(Cl)cc1Cl. The van der Waals surface area contributed by atoms with Crippen molar-refractivity contribution in [2.45, 2.75) is 0 Å². The maximum Gasteiger partial charge on any atom is 0.221 e. The molecule has 3 rings (SSSR count).